The molecule has 2 rings (SSSR count). The molecule has 0 radical (unpaired) electrons. The largest absolute Gasteiger partial charge is 0.463 e. The number of benzene rings is 2. The lowest BCUT2D eigenvalue weighted by Gasteiger charge is -2.43. The van der Waals surface area contributed by atoms with Gasteiger partial charge in [-0.3, -0.25) is 14.9 Å². The van der Waals surface area contributed by atoms with Crippen molar-refractivity contribution in [1.29, 1.82) is 0 Å². The van der Waals surface area contributed by atoms with Crippen molar-refractivity contribution in [2.75, 3.05) is 44.4 Å². The van der Waals surface area contributed by atoms with E-state index < -0.39 is 21.5 Å². The molecule has 0 saturated carbocycles. The second-order valence-corrected chi connectivity index (χ2v) is 16.4. The van der Waals surface area contributed by atoms with Crippen LogP contribution < -0.4 is 4.90 Å². The Hall–Kier alpha value is -3.41. The summed E-state index contributed by atoms with van der Waals surface area (Å²) < 4.78 is 18.3. The van der Waals surface area contributed by atoms with Crippen molar-refractivity contribution in [3.63, 3.8) is 0 Å². The van der Waals surface area contributed by atoms with Gasteiger partial charge in [-0.25, -0.2) is 0 Å². The van der Waals surface area contributed by atoms with Gasteiger partial charge in [-0.2, -0.15) is 10.2 Å². The number of hydrogen-bond acceptors (Lipinski definition) is 10. The predicted molar refractivity (Wildman–Crippen MR) is 195 cm³/mol. The summed E-state index contributed by atoms with van der Waals surface area (Å²) in [6.07, 6.45) is 1.95. The second kappa shape index (κ2) is 17.5. The third-order valence-electron chi connectivity index (χ3n) is 8.91. The average Bonchev–Trinajstić information content (AvgIpc) is 2.98. The first kappa shape index (κ1) is 41.8. The maximum absolute atomic E-state index is 13.6. The first-order valence-corrected chi connectivity index (χ1v) is 17.1. The van der Waals surface area contributed by atoms with Crippen LogP contribution in [-0.4, -0.2) is 66.7 Å². The Balaban J connectivity index is 2.16. The zero-order valence-corrected chi connectivity index (χ0v) is 31.7. The topological polar surface area (TPSA) is 136 Å². The molecule has 2 aromatic carbocycles. The molecule has 0 heterocycles. The van der Waals surface area contributed by atoms with Gasteiger partial charge in [0, 0.05) is 31.0 Å². The van der Waals surface area contributed by atoms with Crippen molar-refractivity contribution in [1.82, 2.24) is 0 Å². The molecule has 49 heavy (non-hydrogen) atoms. The highest BCUT2D eigenvalue weighted by Crippen LogP contribution is 2.47. The molecule has 274 valence electrons. The van der Waals surface area contributed by atoms with Crippen LogP contribution in [0.3, 0.4) is 0 Å². The summed E-state index contributed by atoms with van der Waals surface area (Å²) in [6.45, 7) is 25.0. The fraction of sp³-hybridized carbons (Fsp3) is 0.658. The molecule has 0 fully saturated rings. The van der Waals surface area contributed by atoms with Gasteiger partial charge >= 0.3 is 5.97 Å². The van der Waals surface area contributed by atoms with Crippen LogP contribution in [0.5, 0.6) is 0 Å². The van der Waals surface area contributed by atoms with Gasteiger partial charge in [0.1, 0.15) is 6.61 Å². The van der Waals surface area contributed by atoms with E-state index >= 15 is 0 Å². The number of carbonyl (C=O) groups is 1. The summed E-state index contributed by atoms with van der Waals surface area (Å²) >= 11 is 0. The molecule has 11 nitrogen and oxygen atoms in total. The second-order valence-electron chi connectivity index (χ2n) is 16.4. The van der Waals surface area contributed by atoms with E-state index in [9.17, 15) is 20.0 Å². The number of nitro benzene ring substituents is 1. The van der Waals surface area contributed by atoms with Crippen molar-refractivity contribution >= 4 is 28.7 Å². The average molecular weight is 685 g/mol. The van der Waals surface area contributed by atoms with Crippen LogP contribution in [0.1, 0.15) is 95.4 Å². The Morgan fingerprint density at radius 1 is 0.755 bits per heavy atom. The van der Waals surface area contributed by atoms with E-state index in [-0.39, 0.29) is 35.7 Å². The van der Waals surface area contributed by atoms with Crippen LogP contribution in [0, 0.1) is 26.4 Å². The molecular weight excluding hydrogens is 624 g/mol. The van der Waals surface area contributed by atoms with Crippen LogP contribution in [-0.2, 0) is 19.0 Å². The van der Waals surface area contributed by atoms with Crippen LogP contribution in [0.15, 0.2) is 58.8 Å². The highest BCUT2D eigenvalue weighted by molar-refractivity contribution is 5.77. The minimum atomic E-state index is -0.659. The Labute approximate surface area is 293 Å². The number of anilines is 1. The maximum atomic E-state index is 13.6. The lowest BCUT2D eigenvalue weighted by atomic mass is 9.61. The number of carbonyl (C=O) groups excluding carboxylic acids is 1. The number of azo groups is 1. The zero-order chi connectivity index (χ0) is 37.1. The SMILES string of the molecule is CC(C)(C)CC(C)(C(=O)OCCN(CCOC(C)(C)CCOC(C)(C)CCO)c1ccc(N=Nc2ccc([N+](=O)[O-])cc2)cc1)C(C)(C)C. The Kier molecular flexibility index (Phi) is 14.9. The molecule has 0 spiro atoms. The third-order valence-corrected chi connectivity index (χ3v) is 8.91. The van der Waals surface area contributed by atoms with Crippen molar-refractivity contribution in [2.45, 2.75) is 107 Å². The normalized spacial score (nSPS) is 14.1. The zero-order valence-electron chi connectivity index (χ0n) is 31.7. The molecular formula is C38H60N4O7. The van der Waals surface area contributed by atoms with Crippen molar-refractivity contribution in [2.24, 2.45) is 26.5 Å². The smallest absolute Gasteiger partial charge is 0.312 e. The number of hydrogen-bond donors (Lipinski definition) is 1. The highest BCUT2D eigenvalue weighted by atomic mass is 16.6. The monoisotopic (exact) mass is 684 g/mol. The van der Waals surface area contributed by atoms with Gasteiger partial charge < -0.3 is 24.2 Å². The number of aliphatic hydroxyl groups excluding tert-OH is 1. The van der Waals surface area contributed by atoms with Crippen LogP contribution in [0.25, 0.3) is 0 Å². The molecule has 1 N–H and O–H groups in total. The van der Waals surface area contributed by atoms with Gasteiger partial charge in [-0.1, -0.05) is 41.5 Å². The summed E-state index contributed by atoms with van der Waals surface area (Å²) in [4.78, 5) is 26.2. The molecule has 0 aliphatic carbocycles. The number of ether oxygens (including phenoxy) is 3. The van der Waals surface area contributed by atoms with E-state index in [1.807, 2.05) is 58.9 Å². The number of nitro groups is 1. The number of rotatable bonds is 19. The standard InChI is InChI=1S/C38H60N4O7/c1-34(2,3)28-38(11,35(4,5)6)33(44)47-26-22-41(23-27-49-37(9,10)21-25-48-36(7,8)20-24-43)31-16-12-29(13-17-31)39-40-30-14-18-32(19-15-30)42(45)46/h12-19,43H,20-28H2,1-11H3. The van der Waals surface area contributed by atoms with Crippen molar-refractivity contribution < 1.29 is 29.0 Å². The number of aliphatic hydroxyl groups is 1. The molecule has 0 aliphatic heterocycles. The quantitative estimate of drug-likeness (QED) is 0.0669. The molecule has 11 heteroatoms. The van der Waals surface area contributed by atoms with Gasteiger partial charge in [-0.15, -0.1) is 0 Å². The number of non-ortho nitro benzene ring substituents is 1. The summed E-state index contributed by atoms with van der Waals surface area (Å²) in [5, 5.41) is 28.7. The highest BCUT2D eigenvalue weighted by Gasteiger charge is 2.47. The molecule has 1 unspecified atom stereocenters. The first-order chi connectivity index (χ1) is 22.6. The minimum absolute atomic E-state index is 0.00555. The molecule has 0 saturated heterocycles. The van der Waals surface area contributed by atoms with E-state index in [0.29, 0.717) is 56.9 Å². The summed E-state index contributed by atoms with van der Waals surface area (Å²) in [6, 6.07) is 13.5. The lowest BCUT2D eigenvalue weighted by molar-refractivity contribution is -0.384. The van der Waals surface area contributed by atoms with E-state index in [0.717, 1.165) is 5.69 Å². The summed E-state index contributed by atoms with van der Waals surface area (Å²) in [5.74, 6) is -0.196. The van der Waals surface area contributed by atoms with Crippen LogP contribution in [0.2, 0.25) is 0 Å². The Morgan fingerprint density at radius 3 is 1.73 bits per heavy atom. The molecule has 0 bridgehead atoms. The molecule has 0 aliphatic rings. The fourth-order valence-corrected chi connectivity index (χ4v) is 5.39. The van der Waals surface area contributed by atoms with E-state index in [1.165, 1.54) is 12.1 Å². The number of nitrogens with zero attached hydrogens (tertiary/aromatic N) is 4. The Bertz CT molecular complexity index is 1360. The maximum Gasteiger partial charge on any atom is 0.312 e. The molecule has 0 amide bonds. The van der Waals surface area contributed by atoms with Crippen LogP contribution >= 0.6 is 0 Å². The van der Waals surface area contributed by atoms with Gasteiger partial charge in [0.2, 0.25) is 0 Å². The van der Waals surface area contributed by atoms with Gasteiger partial charge in [0.25, 0.3) is 5.69 Å². The van der Waals surface area contributed by atoms with E-state index in [1.54, 1.807) is 12.1 Å². The number of esters is 1. The third kappa shape index (κ3) is 14.2. The molecule has 1 atom stereocenters. The van der Waals surface area contributed by atoms with Crippen LogP contribution in [0.4, 0.5) is 22.7 Å². The van der Waals surface area contributed by atoms with Crippen molar-refractivity contribution in [3.05, 3.63) is 58.6 Å². The molecule has 2 aromatic rings. The van der Waals surface area contributed by atoms with Gasteiger partial charge in [-0.05, 0) is 101 Å². The van der Waals surface area contributed by atoms with E-state index in [2.05, 4.69) is 56.7 Å². The van der Waals surface area contributed by atoms with Gasteiger partial charge in [0.05, 0.1) is 52.7 Å². The fourth-order valence-electron chi connectivity index (χ4n) is 5.39. The first-order valence-electron chi connectivity index (χ1n) is 17.1. The summed E-state index contributed by atoms with van der Waals surface area (Å²) in [5.41, 5.74) is 0.212. The summed E-state index contributed by atoms with van der Waals surface area (Å²) in [7, 11) is 0. The van der Waals surface area contributed by atoms with E-state index in [4.69, 9.17) is 14.2 Å². The Morgan fingerprint density at radius 2 is 1.24 bits per heavy atom. The lowest BCUT2D eigenvalue weighted by Crippen LogP contribution is -2.45. The van der Waals surface area contributed by atoms with Gasteiger partial charge in [0.15, 0.2) is 0 Å². The minimum Gasteiger partial charge on any atom is -0.463 e. The molecule has 0 aromatic heterocycles. The van der Waals surface area contributed by atoms with Crippen molar-refractivity contribution in [3.8, 4) is 0 Å². The predicted octanol–water partition coefficient (Wildman–Crippen LogP) is 9.21.